The number of hydrogen-bond acceptors (Lipinski definition) is 1. The van der Waals surface area contributed by atoms with Crippen molar-refractivity contribution in [3.05, 3.63) is 34.9 Å². The van der Waals surface area contributed by atoms with Crippen molar-refractivity contribution in [3.63, 3.8) is 0 Å². The van der Waals surface area contributed by atoms with Gasteiger partial charge < -0.3 is 0 Å². The summed E-state index contributed by atoms with van der Waals surface area (Å²) in [6, 6.07) is 7.40. The lowest BCUT2D eigenvalue weighted by atomic mass is 9.75. The highest BCUT2D eigenvalue weighted by atomic mass is 127. The Hall–Kier alpha value is 0.300. The molecular formula is C19H25IS. The molecule has 2 aliphatic carbocycles. The maximum Gasteiger partial charge on any atom is 0.0187 e. The highest BCUT2D eigenvalue weighted by molar-refractivity contribution is 14.1. The van der Waals surface area contributed by atoms with Gasteiger partial charge in [0.15, 0.2) is 0 Å². The lowest BCUT2D eigenvalue weighted by Gasteiger charge is -2.31. The van der Waals surface area contributed by atoms with E-state index in [9.17, 15) is 0 Å². The first-order valence-corrected chi connectivity index (χ1v) is 10.9. The summed E-state index contributed by atoms with van der Waals surface area (Å²) in [5, 5.41) is 0. The van der Waals surface area contributed by atoms with E-state index in [1.165, 1.54) is 50.0 Å². The van der Waals surface area contributed by atoms with Gasteiger partial charge in [0.05, 0.1) is 0 Å². The molecule has 3 bridgehead atoms. The largest absolute Gasteiger partial charge is 0.157 e. The van der Waals surface area contributed by atoms with Crippen molar-refractivity contribution >= 4 is 34.4 Å². The van der Waals surface area contributed by atoms with Gasteiger partial charge in [0.25, 0.3) is 0 Å². The molecule has 1 aromatic rings. The van der Waals surface area contributed by atoms with Crippen LogP contribution in [-0.4, -0.2) is 9.68 Å². The first kappa shape index (κ1) is 14.9. The summed E-state index contributed by atoms with van der Waals surface area (Å²) in [5.41, 5.74) is 5.47. The third kappa shape index (κ3) is 2.80. The van der Waals surface area contributed by atoms with Crippen molar-refractivity contribution in [2.24, 2.45) is 11.8 Å². The normalized spacial score (nSPS) is 34.6. The van der Waals surface area contributed by atoms with E-state index in [0.717, 1.165) is 15.8 Å². The monoisotopic (exact) mass is 412 g/mol. The third-order valence-electron chi connectivity index (χ3n) is 6.13. The van der Waals surface area contributed by atoms with Crippen molar-refractivity contribution in [1.29, 1.82) is 0 Å². The number of halogens is 1. The number of fused-ring (bicyclic) bond motifs is 3. The van der Waals surface area contributed by atoms with Crippen LogP contribution >= 0.6 is 34.4 Å². The van der Waals surface area contributed by atoms with Crippen molar-refractivity contribution in [2.75, 3.05) is 5.75 Å². The lowest BCUT2D eigenvalue weighted by Crippen LogP contribution is -2.26. The molecule has 1 fully saturated rings. The van der Waals surface area contributed by atoms with E-state index in [1.54, 1.807) is 16.7 Å². The molecule has 0 N–H and O–H groups in total. The second-order valence-electron chi connectivity index (χ2n) is 7.47. The third-order valence-corrected chi connectivity index (χ3v) is 8.06. The number of hydrogen-bond donors (Lipinski definition) is 0. The van der Waals surface area contributed by atoms with E-state index in [0.29, 0.717) is 5.41 Å². The standard InChI is InChI=1S/C19H25IS/c1-13(20)18-10-14(18)3-2-6-19-7-8-21-12-15-4-5-17(19)9-16(15)11-19/h4-5,9,13-14,18H,2-3,6-8,10-12H2,1H3. The van der Waals surface area contributed by atoms with E-state index >= 15 is 0 Å². The molecular weight excluding hydrogens is 387 g/mol. The Morgan fingerprint density at radius 1 is 1.38 bits per heavy atom. The van der Waals surface area contributed by atoms with Crippen LogP contribution in [0.1, 0.15) is 55.7 Å². The van der Waals surface area contributed by atoms with Gasteiger partial charge >= 0.3 is 0 Å². The van der Waals surface area contributed by atoms with Crippen LogP contribution in [0.25, 0.3) is 0 Å². The second kappa shape index (κ2) is 5.74. The molecule has 4 rings (SSSR count). The summed E-state index contributed by atoms with van der Waals surface area (Å²) in [7, 11) is 0. The minimum atomic E-state index is 0.515. The highest BCUT2D eigenvalue weighted by Crippen LogP contribution is 2.50. The van der Waals surface area contributed by atoms with Crippen LogP contribution in [0.4, 0.5) is 0 Å². The fourth-order valence-corrected chi connectivity index (χ4v) is 6.70. The summed E-state index contributed by atoms with van der Waals surface area (Å²) in [5.74, 6) is 4.68. The predicted molar refractivity (Wildman–Crippen MR) is 102 cm³/mol. The van der Waals surface area contributed by atoms with Crippen molar-refractivity contribution in [2.45, 2.75) is 60.5 Å². The van der Waals surface area contributed by atoms with Gasteiger partial charge in [-0.25, -0.2) is 0 Å². The molecule has 1 aromatic carbocycles. The van der Waals surface area contributed by atoms with Gasteiger partial charge in [-0.1, -0.05) is 60.6 Å². The van der Waals surface area contributed by atoms with Crippen molar-refractivity contribution < 1.29 is 0 Å². The van der Waals surface area contributed by atoms with Gasteiger partial charge in [-0.05, 0) is 60.0 Å². The molecule has 0 amide bonds. The zero-order valence-corrected chi connectivity index (χ0v) is 15.9. The Labute approximate surface area is 147 Å². The molecule has 4 atom stereocenters. The Bertz CT molecular complexity index is 538. The average Bonchev–Trinajstić information content (AvgIpc) is 3.13. The van der Waals surface area contributed by atoms with Gasteiger partial charge in [-0.15, -0.1) is 0 Å². The predicted octanol–water partition coefficient (Wildman–Crippen LogP) is 5.75. The summed E-state index contributed by atoms with van der Waals surface area (Å²) in [6.45, 7) is 2.39. The highest BCUT2D eigenvalue weighted by Gasteiger charge is 2.41. The molecule has 4 unspecified atom stereocenters. The molecule has 114 valence electrons. The Morgan fingerprint density at radius 2 is 2.29 bits per heavy atom. The minimum Gasteiger partial charge on any atom is -0.157 e. The Kier molecular flexibility index (Phi) is 4.06. The SMILES string of the molecule is CC(I)C1CC1CCCC12CCSCc3ccc1cc3C2. The van der Waals surface area contributed by atoms with E-state index < -0.39 is 0 Å². The van der Waals surface area contributed by atoms with Crippen LogP contribution in [0.3, 0.4) is 0 Å². The first-order chi connectivity index (χ1) is 10.2. The molecule has 0 spiro atoms. The summed E-state index contributed by atoms with van der Waals surface area (Å²) in [4.78, 5) is 0. The molecule has 0 saturated heterocycles. The minimum absolute atomic E-state index is 0.515. The number of thioether (sulfide) groups is 1. The van der Waals surface area contributed by atoms with E-state index in [4.69, 9.17) is 0 Å². The Balaban J connectivity index is 1.41. The van der Waals surface area contributed by atoms with Gasteiger partial charge in [-0.2, -0.15) is 11.8 Å². The number of alkyl halides is 1. The fourth-order valence-electron chi connectivity index (χ4n) is 4.64. The van der Waals surface area contributed by atoms with Crippen molar-refractivity contribution in [3.8, 4) is 0 Å². The Morgan fingerprint density at radius 3 is 3.10 bits per heavy atom. The van der Waals surface area contributed by atoms with Crippen LogP contribution in [0.15, 0.2) is 18.2 Å². The molecule has 0 aromatic heterocycles. The summed E-state index contributed by atoms with van der Waals surface area (Å²) in [6.07, 6.45) is 8.62. The van der Waals surface area contributed by atoms with Crippen LogP contribution in [0, 0.1) is 11.8 Å². The van der Waals surface area contributed by atoms with Crippen LogP contribution in [-0.2, 0) is 17.6 Å². The molecule has 2 heteroatoms. The van der Waals surface area contributed by atoms with Crippen molar-refractivity contribution in [1.82, 2.24) is 0 Å². The van der Waals surface area contributed by atoms with E-state index in [1.807, 2.05) is 0 Å². The molecule has 1 saturated carbocycles. The van der Waals surface area contributed by atoms with Crippen LogP contribution in [0.2, 0.25) is 0 Å². The number of rotatable bonds is 5. The summed E-state index contributed by atoms with van der Waals surface area (Å²) < 4.78 is 0.882. The molecule has 0 nitrogen and oxygen atoms in total. The number of benzene rings is 1. The average molecular weight is 412 g/mol. The zero-order valence-electron chi connectivity index (χ0n) is 12.9. The van der Waals surface area contributed by atoms with Gasteiger partial charge in [0.2, 0.25) is 0 Å². The maximum atomic E-state index is 2.62. The molecule has 0 radical (unpaired) electrons. The second-order valence-corrected chi connectivity index (χ2v) is 10.5. The molecule has 3 aliphatic rings. The smallest absolute Gasteiger partial charge is 0.0187 e. The molecule has 1 heterocycles. The lowest BCUT2D eigenvalue weighted by molar-refractivity contribution is 0.369. The first-order valence-electron chi connectivity index (χ1n) is 8.52. The van der Waals surface area contributed by atoms with Gasteiger partial charge in [0.1, 0.15) is 0 Å². The van der Waals surface area contributed by atoms with Gasteiger partial charge in [-0.3, -0.25) is 0 Å². The fraction of sp³-hybridized carbons (Fsp3) is 0.684. The summed E-state index contributed by atoms with van der Waals surface area (Å²) >= 11 is 4.77. The maximum absolute atomic E-state index is 2.62. The van der Waals surface area contributed by atoms with Gasteiger partial charge in [0, 0.05) is 15.1 Å². The molecule has 21 heavy (non-hydrogen) atoms. The van der Waals surface area contributed by atoms with Crippen LogP contribution in [0.5, 0.6) is 0 Å². The molecule has 1 aliphatic heterocycles. The van der Waals surface area contributed by atoms with Crippen LogP contribution < -0.4 is 0 Å². The quantitative estimate of drug-likeness (QED) is 0.439. The zero-order chi connectivity index (χ0) is 14.4. The van der Waals surface area contributed by atoms with E-state index in [-0.39, 0.29) is 0 Å². The topological polar surface area (TPSA) is 0 Å². The van der Waals surface area contributed by atoms with E-state index in [2.05, 4.69) is 59.5 Å².